The maximum atomic E-state index is 13.2. The zero-order valence-corrected chi connectivity index (χ0v) is 17.9. The van der Waals surface area contributed by atoms with Crippen LogP contribution in [0.25, 0.3) is 11.5 Å². The van der Waals surface area contributed by atoms with E-state index in [9.17, 15) is 4.79 Å². The Morgan fingerprint density at radius 1 is 1.21 bits per heavy atom. The van der Waals surface area contributed by atoms with Crippen LogP contribution in [0.1, 0.15) is 42.5 Å². The second-order valence-corrected chi connectivity index (χ2v) is 8.27. The van der Waals surface area contributed by atoms with Gasteiger partial charge in [0, 0.05) is 29.6 Å². The fourth-order valence-corrected chi connectivity index (χ4v) is 3.09. The van der Waals surface area contributed by atoms with E-state index in [2.05, 4.69) is 10.1 Å². The van der Waals surface area contributed by atoms with Gasteiger partial charge in [-0.1, -0.05) is 49.7 Å². The standard InChI is InChI=1S/C22H24ClN3O3/c1-22(2,3)21-24-19(29-25-21)16-8-6-7-9-17(16)20(27)26(4)13-14-12-15(23)10-11-18(14)28-5/h6-12H,13H2,1-5H3. The van der Waals surface area contributed by atoms with Gasteiger partial charge in [-0.25, -0.2) is 0 Å². The van der Waals surface area contributed by atoms with E-state index in [0.717, 1.165) is 5.56 Å². The van der Waals surface area contributed by atoms with Crippen molar-refractivity contribution in [2.75, 3.05) is 14.2 Å². The Morgan fingerprint density at radius 2 is 1.93 bits per heavy atom. The molecule has 0 aliphatic heterocycles. The maximum absolute atomic E-state index is 13.2. The Hall–Kier alpha value is -2.86. The van der Waals surface area contributed by atoms with E-state index in [1.807, 2.05) is 32.9 Å². The summed E-state index contributed by atoms with van der Waals surface area (Å²) in [7, 11) is 3.32. The summed E-state index contributed by atoms with van der Waals surface area (Å²) in [5.41, 5.74) is 1.66. The Morgan fingerprint density at radius 3 is 2.59 bits per heavy atom. The molecule has 0 bridgehead atoms. The molecular weight excluding hydrogens is 390 g/mol. The summed E-state index contributed by atoms with van der Waals surface area (Å²) in [6, 6.07) is 12.5. The lowest BCUT2D eigenvalue weighted by Gasteiger charge is -2.20. The van der Waals surface area contributed by atoms with Crippen LogP contribution in [-0.2, 0) is 12.0 Å². The molecule has 7 heteroatoms. The minimum Gasteiger partial charge on any atom is -0.496 e. The molecule has 6 nitrogen and oxygen atoms in total. The molecule has 1 aromatic heterocycles. The third-order valence-corrected chi connectivity index (χ3v) is 4.72. The molecule has 0 unspecified atom stereocenters. The molecular formula is C22H24ClN3O3. The predicted molar refractivity (Wildman–Crippen MR) is 112 cm³/mol. The third-order valence-electron chi connectivity index (χ3n) is 4.48. The first-order valence-corrected chi connectivity index (χ1v) is 9.60. The van der Waals surface area contributed by atoms with E-state index in [1.54, 1.807) is 49.4 Å². The zero-order valence-electron chi connectivity index (χ0n) is 17.2. The van der Waals surface area contributed by atoms with E-state index in [0.29, 0.717) is 40.2 Å². The summed E-state index contributed by atoms with van der Waals surface area (Å²) in [6.07, 6.45) is 0. The number of hydrogen-bond acceptors (Lipinski definition) is 5. The number of ether oxygens (including phenoxy) is 1. The zero-order chi connectivity index (χ0) is 21.2. The van der Waals surface area contributed by atoms with Crippen molar-refractivity contribution in [3.8, 4) is 17.2 Å². The molecule has 3 aromatic rings. The van der Waals surface area contributed by atoms with E-state index in [-0.39, 0.29) is 11.3 Å². The Kier molecular flexibility index (Phi) is 5.94. The van der Waals surface area contributed by atoms with Gasteiger partial charge < -0.3 is 14.2 Å². The fraction of sp³-hybridized carbons (Fsp3) is 0.318. The minimum atomic E-state index is -0.249. The van der Waals surface area contributed by atoms with Crippen LogP contribution in [-0.4, -0.2) is 35.1 Å². The average molecular weight is 414 g/mol. The van der Waals surface area contributed by atoms with Gasteiger partial charge in [0.25, 0.3) is 11.8 Å². The van der Waals surface area contributed by atoms with Crippen LogP contribution in [0, 0.1) is 0 Å². The number of benzene rings is 2. The smallest absolute Gasteiger partial charge is 0.258 e. The second-order valence-electron chi connectivity index (χ2n) is 7.84. The topological polar surface area (TPSA) is 68.5 Å². The van der Waals surface area contributed by atoms with Crippen molar-refractivity contribution in [1.29, 1.82) is 0 Å². The molecule has 0 fully saturated rings. The van der Waals surface area contributed by atoms with Crippen molar-refractivity contribution >= 4 is 17.5 Å². The van der Waals surface area contributed by atoms with Crippen LogP contribution in [0.2, 0.25) is 5.02 Å². The summed E-state index contributed by atoms with van der Waals surface area (Å²) in [4.78, 5) is 19.3. The number of rotatable bonds is 5. The van der Waals surface area contributed by atoms with Crippen molar-refractivity contribution < 1.29 is 14.1 Å². The molecule has 0 aliphatic rings. The molecule has 0 spiro atoms. The highest BCUT2D eigenvalue weighted by molar-refractivity contribution is 6.30. The maximum Gasteiger partial charge on any atom is 0.258 e. The van der Waals surface area contributed by atoms with Gasteiger partial charge in [0.05, 0.1) is 18.2 Å². The van der Waals surface area contributed by atoms with Gasteiger partial charge >= 0.3 is 0 Å². The molecule has 2 aromatic carbocycles. The van der Waals surface area contributed by atoms with Crippen molar-refractivity contribution in [3.05, 3.63) is 64.4 Å². The van der Waals surface area contributed by atoms with Gasteiger partial charge in [0.2, 0.25) is 0 Å². The molecule has 0 N–H and O–H groups in total. The van der Waals surface area contributed by atoms with E-state index < -0.39 is 0 Å². The van der Waals surface area contributed by atoms with Gasteiger partial charge in [-0.15, -0.1) is 0 Å². The normalized spacial score (nSPS) is 11.4. The Balaban J connectivity index is 1.91. The summed E-state index contributed by atoms with van der Waals surface area (Å²) < 4.78 is 10.8. The largest absolute Gasteiger partial charge is 0.496 e. The molecule has 29 heavy (non-hydrogen) atoms. The van der Waals surface area contributed by atoms with Crippen molar-refractivity contribution in [1.82, 2.24) is 15.0 Å². The molecule has 1 heterocycles. The minimum absolute atomic E-state index is 0.168. The van der Waals surface area contributed by atoms with Crippen LogP contribution in [0.5, 0.6) is 5.75 Å². The molecule has 0 saturated carbocycles. The summed E-state index contributed by atoms with van der Waals surface area (Å²) in [5, 5.41) is 4.65. The quantitative estimate of drug-likeness (QED) is 0.590. The number of hydrogen-bond donors (Lipinski definition) is 0. The Labute approximate surface area is 175 Å². The van der Waals surface area contributed by atoms with Crippen LogP contribution in [0.4, 0.5) is 0 Å². The summed E-state index contributed by atoms with van der Waals surface area (Å²) in [5.74, 6) is 1.42. The number of carbonyl (C=O) groups is 1. The molecule has 1 amide bonds. The number of amides is 1. The average Bonchev–Trinajstić information content (AvgIpc) is 3.18. The fourth-order valence-electron chi connectivity index (χ4n) is 2.90. The third kappa shape index (κ3) is 4.59. The molecule has 0 radical (unpaired) electrons. The highest BCUT2D eigenvalue weighted by atomic mass is 35.5. The van der Waals surface area contributed by atoms with E-state index in [4.69, 9.17) is 20.9 Å². The summed E-state index contributed by atoms with van der Waals surface area (Å²) in [6.45, 7) is 6.36. The van der Waals surface area contributed by atoms with Crippen LogP contribution < -0.4 is 4.74 Å². The van der Waals surface area contributed by atoms with Gasteiger partial charge in [-0.05, 0) is 30.3 Å². The number of carbonyl (C=O) groups excluding carboxylic acids is 1. The van der Waals surface area contributed by atoms with Gasteiger partial charge in [0.15, 0.2) is 5.82 Å². The monoisotopic (exact) mass is 413 g/mol. The number of halogens is 1. The first-order valence-electron chi connectivity index (χ1n) is 9.22. The SMILES string of the molecule is COc1ccc(Cl)cc1CN(C)C(=O)c1ccccc1-c1nc(C(C)(C)C)no1. The van der Waals surface area contributed by atoms with Gasteiger partial charge in [-0.2, -0.15) is 4.98 Å². The van der Waals surface area contributed by atoms with Crippen molar-refractivity contribution in [3.63, 3.8) is 0 Å². The highest BCUT2D eigenvalue weighted by Crippen LogP contribution is 2.28. The summed E-state index contributed by atoms with van der Waals surface area (Å²) >= 11 is 6.11. The second kappa shape index (κ2) is 8.25. The first kappa shape index (κ1) is 20.9. The number of methoxy groups -OCH3 is 1. The van der Waals surface area contributed by atoms with Crippen LogP contribution >= 0.6 is 11.6 Å². The highest BCUT2D eigenvalue weighted by Gasteiger charge is 2.25. The molecule has 152 valence electrons. The molecule has 0 atom stereocenters. The molecule has 0 saturated heterocycles. The van der Waals surface area contributed by atoms with Gasteiger partial charge in [-0.3, -0.25) is 4.79 Å². The molecule has 3 rings (SSSR count). The van der Waals surface area contributed by atoms with Gasteiger partial charge in [0.1, 0.15) is 5.75 Å². The van der Waals surface area contributed by atoms with Crippen molar-refractivity contribution in [2.24, 2.45) is 0 Å². The van der Waals surface area contributed by atoms with Crippen LogP contribution in [0.3, 0.4) is 0 Å². The first-order chi connectivity index (χ1) is 13.7. The predicted octanol–water partition coefficient (Wildman–Crippen LogP) is 4.97. The lowest BCUT2D eigenvalue weighted by molar-refractivity contribution is 0.0784. The molecule has 0 aliphatic carbocycles. The van der Waals surface area contributed by atoms with Crippen molar-refractivity contribution in [2.45, 2.75) is 32.7 Å². The van der Waals surface area contributed by atoms with E-state index >= 15 is 0 Å². The lowest BCUT2D eigenvalue weighted by Crippen LogP contribution is -2.27. The Bertz CT molecular complexity index is 1020. The lowest BCUT2D eigenvalue weighted by atomic mass is 9.96. The van der Waals surface area contributed by atoms with Crippen LogP contribution in [0.15, 0.2) is 47.0 Å². The number of nitrogens with zero attached hydrogens (tertiary/aromatic N) is 3. The van der Waals surface area contributed by atoms with E-state index in [1.165, 1.54) is 0 Å². The number of aromatic nitrogens is 2.